The van der Waals surface area contributed by atoms with Crippen molar-refractivity contribution in [1.82, 2.24) is 0 Å². The molecule has 5 aromatic carbocycles. The zero-order valence-electron chi connectivity index (χ0n) is 26.4. The summed E-state index contributed by atoms with van der Waals surface area (Å²) < 4.78 is 0. The molecule has 2 nitrogen and oxygen atoms in total. The minimum atomic E-state index is 0.0633. The lowest BCUT2D eigenvalue weighted by atomic mass is 9.89. The number of hydrogen-bond donors (Lipinski definition) is 0. The summed E-state index contributed by atoms with van der Waals surface area (Å²) >= 11 is 0. The second kappa shape index (κ2) is 11.4. The summed E-state index contributed by atoms with van der Waals surface area (Å²) in [6, 6.07) is 29.9. The van der Waals surface area contributed by atoms with Gasteiger partial charge < -0.3 is 4.90 Å². The van der Waals surface area contributed by atoms with Crippen LogP contribution in [0.15, 0.2) is 84.9 Å². The molecule has 0 saturated carbocycles. The quantitative estimate of drug-likeness (QED) is 0.196. The molecular formula is C40H41NO. The van der Waals surface area contributed by atoms with E-state index in [1.807, 2.05) is 25.1 Å². The van der Waals surface area contributed by atoms with Crippen LogP contribution in [-0.2, 0) is 0 Å². The van der Waals surface area contributed by atoms with Gasteiger partial charge in [-0.1, -0.05) is 72.3 Å². The topological polar surface area (TPSA) is 20.3 Å². The van der Waals surface area contributed by atoms with Crippen molar-refractivity contribution < 1.29 is 4.79 Å². The second-order valence-electron chi connectivity index (χ2n) is 11.9. The van der Waals surface area contributed by atoms with Gasteiger partial charge in [-0.2, -0.15) is 0 Å². The Balaban J connectivity index is 1.52. The summed E-state index contributed by atoms with van der Waals surface area (Å²) in [5.74, 6) is 0.0633. The van der Waals surface area contributed by atoms with E-state index in [0.29, 0.717) is 5.56 Å². The number of carbonyl (C=O) groups excluding carboxylic acids is 1. The smallest absolute Gasteiger partial charge is 0.193 e. The summed E-state index contributed by atoms with van der Waals surface area (Å²) in [5.41, 5.74) is 17.9. The molecule has 5 aromatic rings. The molecule has 212 valence electrons. The van der Waals surface area contributed by atoms with Gasteiger partial charge in [0.1, 0.15) is 0 Å². The number of aryl methyl sites for hydroxylation is 7. The van der Waals surface area contributed by atoms with E-state index in [9.17, 15) is 4.79 Å². The molecule has 0 bridgehead atoms. The van der Waals surface area contributed by atoms with Crippen LogP contribution in [0.4, 0.5) is 11.4 Å². The molecule has 42 heavy (non-hydrogen) atoms. The van der Waals surface area contributed by atoms with E-state index in [4.69, 9.17) is 0 Å². The summed E-state index contributed by atoms with van der Waals surface area (Å²) in [6.07, 6.45) is 0. The van der Waals surface area contributed by atoms with Crippen LogP contribution in [0.1, 0.15) is 60.4 Å². The first-order chi connectivity index (χ1) is 20.0. The number of carbonyl (C=O) groups is 1. The van der Waals surface area contributed by atoms with Crippen molar-refractivity contribution in [3.05, 3.63) is 141 Å². The third kappa shape index (κ3) is 5.30. The first kappa shape index (κ1) is 29.1. The number of ketones is 1. The Bertz CT molecular complexity index is 1780. The first-order valence-corrected chi connectivity index (χ1v) is 14.7. The third-order valence-corrected chi connectivity index (χ3v) is 8.61. The Morgan fingerprint density at radius 1 is 0.548 bits per heavy atom. The molecule has 2 heteroatoms. The normalized spacial score (nSPS) is 11.1. The van der Waals surface area contributed by atoms with Crippen molar-refractivity contribution >= 4 is 17.2 Å². The Labute approximate surface area is 251 Å². The van der Waals surface area contributed by atoms with Crippen molar-refractivity contribution in [3.8, 4) is 22.3 Å². The highest BCUT2D eigenvalue weighted by Gasteiger charge is 2.22. The maximum atomic E-state index is 14.1. The maximum absolute atomic E-state index is 14.1. The Hall–Kier alpha value is -4.43. The van der Waals surface area contributed by atoms with E-state index in [1.165, 1.54) is 44.5 Å². The van der Waals surface area contributed by atoms with Crippen molar-refractivity contribution in [2.75, 3.05) is 11.9 Å². The first-order valence-electron chi connectivity index (χ1n) is 14.7. The van der Waals surface area contributed by atoms with Crippen LogP contribution >= 0.6 is 0 Å². The molecule has 0 saturated heterocycles. The van der Waals surface area contributed by atoms with E-state index in [0.717, 1.165) is 39.2 Å². The average Bonchev–Trinajstić information content (AvgIpc) is 2.92. The van der Waals surface area contributed by atoms with Crippen molar-refractivity contribution in [1.29, 1.82) is 0 Å². The highest BCUT2D eigenvalue weighted by Crippen LogP contribution is 2.37. The molecule has 5 rings (SSSR count). The standard InChI is InChI=1S/C40H41NO/c1-24-20-27(4)37(28(5)21-24)32-16-18-35(19-17-32)41(9)39-30(7)22-29(6)38(31(39)8)40(42)34-15-11-14-33(23-34)36-25(2)12-10-13-26(36)3/h10-23H,1-9H3. The second-order valence-corrected chi connectivity index (χ2v) is 11.9. The van der Waals surface area contributed by atoms with Crippen molar-refractivity contribution in [3.63, 3.8) is 0 Å². The minimum absolute atomic E-state index is 0.0633. The summed E-state index contributed by atoms with van der Waals surface area (Å²) in [6.45, 7) is 17.0. The van der Waals surface area contributed by atoms with Gasteiger partial charge in [0.05, 0.1) is 0 Å². The van der Waals surface area contributed by atoms with Crippen molar-refractivity contribution in [2.45, 2.75) is 55.4 Å². The molecule has 0 spiro atoms. The SMILES string of the molecule is Cc1cc(C)c(-c2ccc(N(C)c3c(C)cc(C)c(C(=O)c4cccc(-c5c(C)cccc5C)c4)c3C)cc2)c(C)c1. The number of hydrogen-bond acceptors (Lipinski definition) is 2. The summed E-state index contributed by atoms with van der Waals surface area (Å²) in [4.78, 5) is 16.3. The summed E-state index contributed by atoms with van der Waals surface area (Å²) in [7, 11) is 2.10. The van der Waals surface area contributed by atoms with Gasteiger partial charge in [-0.15, -0.1) is 0 Å². The van der Waals surface area contributed by atoms with Crippen LogP contribution in [0.3, 0.4) is 0 Å². The molecule has 0 aliphatic heterocycles. The molecule has 0 unspecified atom stereocenters. The molecular weight excluding hydrogens is 510 g/mol. The zero-order valence-corrected chi connectivity index (χ0v) is 26.4. The molecule has 0 heterocycles. The fraction of sp³-hybridized carbons (Fsp3) is 0.225. The lowest BCUT2D eigenvalue weighted by Gasteiger charge is -2.26. The van der Waals surface area contributed by atoms with Crippen LogP contribution in [0, 0.1) is 55.4 Å². The van der Waals surface area contributed by atoms with Crippen LogP contribution in [0.25, 0.3) is 22.3 Å². The lowest BCUT2D eigenvalue weighted by molar-refractivity contribution is 0.103. The molecule has 0 atom stereocenters. The Morgan fingerprint density at radius 2 is 1.12 bits per heavy atom. The lowest BCUT2D eigenvalue weighted by Crippen LogP contribution is -2.16. The number of benzene rings is 5. The van der Waals surface area contributed by atoms with Gasteiger partial charge in [0, 0.05) is 29.5 Å². The maximum Gasteiger partial charge on any atom is 0.193 e. The fourth-order valence-electron chi connectivity index (χ4n) is 6.89. The van der Waals surface area contributed by atoms with Crippen LogP contribution < -0.4 is 4.90 Å². The molecule has 0 amide bonds. The largest absolute Gasteiger partial charge is 0.344 e. The highest BCUT2D eigenvalue weighted by molar-refractivity contribution is 6.12. The van der Waals surface area contributed by atoms with Gasteiger partial charge in [-0.25, -0.2) is 0 Å². The van der Waals surface area contributed by atoms with Crippen molar-refractivity contribution in [2.24, 2.45) is 0 Å². The molecule has 0 N–H and O–H groups in total. The van der Waals surface area contributed by atoms with E-state index in [1.54, 1.807) is 0 Å². The average molecular weight is 552 g/mol. The van der Waals surface area contributed by atoms with E-state index in [-0.39, 0.29) is 5.78 Å². The molecule has 0 aliphatic carbocycles. The predicted octanol–water partition coefficient (Wildman–Crippen LogP) is 10.5. The number of rotatable bonds is 6. The Kier molecular flexibility index (Phi) is 7.93. The van der Waals surface area contributed by atoms with E-state index >= 15 is 0 Å². The van der Waals surface area contributed by atoms with Gasteiger partial charge >= 0.3 is 0 Å². The Morgan fingerprint density at radius 3 is 1.74 bits per heavy atom. The minimum Gasteiger partial charge on any atom is -0.344 e. The fourth-order valence-corrected chi connectivity index (χ4v) is 6.89. The monoisotopic (exact) mass is 551 g/mol. The summed E-state index contributed by atoms with van der Waals surface area (Å²) in [5, 5.41) is 0. The van der Waals surface area contributed by atoms with E-state index in [2.05, 4.69) is 127 Å². The molecule has 0 aromatic heterocycles. The predicted molar refractivity (Wildman–Crippen MR) is 180 cm³/mol. The van der Waals surface area contributed by atoms with Crippen LogP contribution in [-0.4, -0.2) is 12.8 Å². The molecule has 0 radical (unpaired) electrons. The number of anilines is 2. The van der Waals surface area contributed by atoms with Gasteiger partial charge in [-0.3, -0.25) is 4.79 Å². The van der Waals surface area contributed by atoms with Gasteiger partial charge in [0.15, 0.2) is 5.78 Å². The van der Waals surface area contributed by atoms with E-state index < -0.39 is 0 Å². The van der Waals surface area contributed by atoms with Gasteiger partial charge in [0.25, 0.3) is 0 Å². The van der Waals surface area contributed by atoms with Crippen LogP contribution in [0.2, 0.25) is 0 Å². The van der Waals surface area contributed by atoms with Crippen LogP contribution in [0.5, 0.6) is 0 Å². The zero-order chi connectivity index (χ0) is 30.3. The molecule has 0 fully saturated rings. The van der Waals surface area contributed by atoms with Gasteiger partial charge in [0.2, 0.25) is 0 Å². The molecule has 0 aliphatic rings. The third-order valence-electron chi connectivity index (χ3n) is 8.61. The number of nitrogens with zero attached hydrogens (tertiary/aromatic N) is 1. The van der Waals surface area contributed by atoms with Gasteiger partial charge in [-0.05, 0) is 135 Å². The highest BCUT2D eigenvalue weighted by atomic mass is 16.1.